The van der Waals surface area contributed by atoms with Crippen LogP contribution in [0.3, 0.4) is 0 Å². The molecule has 0 aromatic heterocycles. The number of nitrogens with two attached hydrogens (primary N) is 1. The summed E-state index contributed by atoms with van der Waals surface area (Å²) in [5.41, 5.74) is 5.51. The Labute approximate surface area is 124 Å². The molecule has 0 amide bonds. The zero-order chi connectivity index (χ0) is 13.7. The molecule has 0 saturated carbocycles. The summed E-state index contributed by atoms with van der Waals surface area (Å²) < 4.78 is 0. The van der Waals surface area contributed by atoms with E-state index < -0.39 is 0 Å². The molecule has 2 nitrogen and oxygen atoms in total. The Morgan fingerprint density at radius 3 is 2.68 bits per heavy atom. The molecule has 1 aromatic rings. The second kappa shape index (κ2) is 7.30. The lowest BCUT2D eigenvalue weighted by Gasteiger charge is -2.20. The number of rotatable bonds is 5. The first kappa shape index (κ1) is 14.9. The average Bonchev–Trinajstić information content (AvgIpc) is 2.42. The van der Waals surface area contributed by atoms with Crippen molar-refractivity contribution in [2.45, 2.75) is 44.6 Å². The maximum atomic E-state index is 6.21. The van der Waals surface area contributed by atoms with Gasteiger partial charge in [0.05, 0.1) is 0 Å². The van der Waals surface area contributed by atoms with Crippen molar-refractivity contribution in [1.29, 1.82) is 0 Å². The highest BCUT2D eigenvalue weighted by Gasteiger charge is 2.14. The second-order valence-electron chi connectivity index (χ2n) is 5.12. The van der Waals surface area contributed by atoms with Crippen molar-refractivity contribution in [1.82, 2.24) is 5.43 Å². The van der Waals surface area contributed by atoms with Crippen LogP contribution in [0.2, 0.25) is 10.0 Å². The minimum absolute atomic E-state index is 0.225. The van der Waals surface area contributed by atoms with E-state index in [4.69, 9.17) is 29.0 Å². The molecule has 0 bridgehead atoms. The molecule has 3 N–H and O–H groups in total. The van der Waals surface area contributed by atoms with Gasteiger partial charge >= 0.3 is 0 Å². The molecule has 0 spiro atoms. The van der Waals surface area contributed by atoms with Crippen LogP contribution in [-0.2, 0) is 6.42 Å². The van der Waals surface area contributed by atoms with Gasteiger partial charge in [-0.2, -0.15) is 0 Å². The molecule has 2 rings (SSSR count). The highest BCUT2D eigenvalue weighted by Crippen LogP contribution is 2.25. The van der Waals surface area contributed by atoms with Gasteiger partial charge in [-0.3, -0.25) is 11.3 Å². The Kier molecular flexibility index (Phi) is 5.71. The molecular weight excluding hydrogens is 279 g/mol. The fraction of sp³-hybridized carbons (Fsp3) is 0.467. The van der Waals surface area contributed by atoms with E-state index in [0.29, 0.717) is 10.0 Å². The molecule has 0 radical (unpaired) electrons. The molecule has 1 atom stereocenters. The number of hydrogen-bond acceptors (Lipinski definition) is 2. The van der Waals surface area contributed by atoms with Crippen LogP contribution in [0.5, 0.6) is 0 Å². The summed E-state index contributed by atoms with van der Waals surface area (Å²) in [6.45, 7) is 0. The summed E-state index contributed by atoms with van der Waals surface area (Å²) >= 11 is 12.1. The molecule has 104 valence electrons. The topological polar surface area (TPSA) is 38.0 Å². The Morgan fingerprint density at radius 2 is 2.05 bits per heavy atom. The van der Waals surface area contributed by atoms with Gasteiger partial charge in [0, 0.05) is 16.1 Å². The summed E-state index contributed by atoms with van der Waals surface area (Å²) in [6, 6.07) is 5.86. The Balaban J connectivity index is 2.00. The Morgan fingerprint density at radius 1 is 1.21 bits per heavy atom. The Hall–Kier alpha value is -0.540. The molecule has 19 heavy (non-hydrogen) atoms. The quantitative estimate of drug-likeness (QED) is 0.484. The highest BCUT2D eigenvalue weighted by molar-refractivity contribution is 6.35. The molecular formula is C15H20Cl2N2. The SMILES string of the molecule is NNC(CC1=CCCCC1)Cc1ccc(Cl)cc1Cl. The molecule has 1 aromatic carbocycles. The van der Waals surface area contributed by atoms with Crippen LogP contribution in [0.1, 0.15) is 37.7 Å². The van der Waals surface area contributed by atoms with E-state index in [1.807, 2.05) is 12.1 Å². The van der Waals surface area contributed by atoms with E-state index in [1.165, 1.54) is 31.3 Å². The first-order valence-corrected chi connectivity index (χ1v) is 7.52. The lowest BCUT2D eigenvalue weighted by molar-refractivity contribution is 0.505. The number of nitrogens with one attached hydrogen (secondary N) is 1. The third-order valence-corrected chi connectivity index (χ3v) is 4.20. The van der Waals surface area contributed by atoms with Gasteiger partial charge in [-0.1, -0.05) is 40.9 Å². The molecule has 0 fully saturated rings. The monoisotopic (exact) mass is 298 g/mol. The maximum absolute atomic E-state index is 6.21. The molecule has 0 saturated heterocycles. The van der Waals surface area contributed by atoms with Gasteiger partial charge < -0.3 is 0 Å². The number of hydrogen-bond donors (Lipinski definition) is 2. The molecule has 1 aliphatic carbocycles. The second-order valence-corrected chi connectivity index (χ2v) is 5.96. The van der Waals surface area contributed by atoms with Crippen molar-refractivity contribution in [3.8, 4) is 0 Å². The summed E-state index contributed by atoms with van der Waals surface area (Å²) in [5.74, 6) is 5.67. The summed E-state index contributed by atoms with van der Waals surface area (Å²) in [7, 11) is 0. The van der Waals surface area contributed by atoms with Crippen molar-refractivity contribution in [3.05, 3.63) is 45.5 Å². The molecule has 1 aliphatic rings. The number of allylic oxidation sites excluding steroid dienone is 1. The van der Waals surface area contributed by atoms with E-state index >= 15 is 0 Å². The van der Waals surface area contributed by atoms with Crippen LogP contribution in [-0.4, -0.2) is 6.04 Å². The standard InChI is InChI=1S/C15H20Cl2N2/c16-13-7-6-12(15(17)10-13)9-14(19-18)8-11-4-2-1-3-5-11/h4,6-7,10,14,19H,1-3,5,8-9,18H2. The van der Waals surface area contributed by atoms with Gasteiger partial charge in [-0.25, -0.2) is 0 Å². The van der Waals surface area contributed by atoms with Crippen molar-refractivity contribution in [2.24, 2.45) is 5.84 Å². The lowest BCUT2D eigenvalue weighted by Crippen LogP contribution is -2.37. The van der Waals surface area contributed by atoms with Gasteiger partial charge in [-0.15, -0.1) is 0 Å². The fourth-order valence-electron chi connectivity index (χ4n) is 2.55. The molecule has 0 aliphatic heterocycles. The minimum atomic E-state index is 0.225. The highest BCUT2D eigenvalue weighted by atomic mass is 35.5. The van der Waals surface area contributed by atoms with Crippen molar-refractivity contribution in [3.63, 3.8) is 0 Å². The van der Waals surface area contributed by atoms with Crippen LogP contribution in [0.4, 0.5) is 0 Å². The van der Waals surface area contributed by atoms with E-state index in [9.17, 15) is 0 Å². The predicted molar refractivity (Wildman–Crippen MR) is 82.4 cm³/mol. The zero-order valence-electron chi connectivity index (χ0n) is 11.0. The summed E-state index contributed by atoms with van der Waals surface area (Å²) in [4.78, 5) is 0. The van der Waals surface area contributed by atoms with E-state index in [0.717, 1.165) is 18.4 Å². The lowest BCUT2D eigenvalue weighted by atomic mass is 9.92. The van der Waals surface area contributed by atoms with Crippen LogP contribution >= 0.6 is 23.2 Å². The molecule has 4 heteroatoms. The van der Waals surface area contributed by atoms with Crippen LogP contribution in [0.15, 0.2) is 29.8 Å². The number of halogens is 2. The van der Waals surface area contributed by atoms with Crippen LogP contribution in [0.25, 0.3) is 0 Å². The maximum Gasteiger partial charge on any atom is 0.0453 e. The first-order valence-electron chi connectivity index (χ1n) is 6.77. The summed E-state index contributed by atoms with van der Waals surface area (Å²) in [6.07, 6.45) is 9.19. The van der Waals surface area contributed by atoms with Crippen molar-refractivity contribution in [2.75, 3.05) is 0 Å². The van der Waals surface area contributed by atoms with E-state index in [2.05, 4.69) is 11.5 Å². The van der Waals surface area contributed by atoms with Gasteiger partial charge in [0.15, 0.2) is 0 Å². The van der Waals surface area contributed by atoms with Gasteiger partial charge in [-0.05, 0) is 56.2 Å². The predicted octanol–water partition coefficient (Wildman–Crippen LogP) is 4.26. The minimum Gasteiger partial charge on any atom is -0.271 e. The summed E-state index contributed by atoms with van der Waals surface area (Å²) in [5, 5.41) is 1.38. The van der Waals surface area contributed by atoms with Gasteiger partial charge in [0.25, 0.3) is 0 Å². The smallest absolute Gasteiger partial charge is 0.0453 e. The average molecular weight is 299 g/mol. The normalized spacial score (nSPS) is 17.1. The van der Waals surface area contributed by atoms with Crippen molar-refractivity contribution >= 4 is 23.2 Å². The van der Waals surface area contributed by atoms with E-state index in [-0.39, 0.29) is 6.04 Å². The van der Waals surface area contributed by atoms with Crippen molar-refractivity contribution < 1.29 is 0 Å². The van der Waals surface area contributed by atoms with Crippen LogP contribution < -0.4 is 11.3 Å². The number of benzene rings is 1. The Bertz CT molecular complexity index is 457. The third kappa shape index (κ3) is 4.50. The molecule has 0 heterocycles. The van der Waals surface area contributed by atoms with Gasteiger partial charge in [0.1, 0.15) is 0 Å². The largest absolute Gasteiger partial charge is 0.271 e. The van der Waals surface area contributed by atoms with Crippen LogP contribution in [0, 0.1) is 0 Å². The number of hydrazine groups is 1. The van der Waals surface area contributed by atoms with Gasteiger partial charge in [0.2, 0.25) is 0 Å². The fourth-order valence-corrected chi connectivity index (χ4v) is 3.03. The third-order valence-electron chi connectivity index (χ3n) is 3.61. The molecule has 1 unspecified atom stereocenters. The first-order chi connectivity index (χ1) is 9.19. The van der Waals surface area contributed by atoms with E-state index in [1.54, 1.807) is 6.07 Å². The zero-order valence-corrected chi connectivity index (χ0v) is 12.5.